The number of nitrogens with one attached hydrogen (secondary N) is 1. The van der Waals surface area contributed by atoms with Crippen LogP contribution in [0.5, 0.6) is 0 Å². The van der Waals surface area contributed by atoms with Crippen LogP contribution in [-0.4, -0.2) is 16.9 Å². The summed E-state index contributed by atoms with van der Waals surface area (Å²) in [4.78, 5) is 22.0. The smallest absolute Gasteiger partial charge is 0.294 e. The Bertz CT molecular complexity index is 548. The Morgan fingerprint density at radius 3 is 2.63 bits per heavy atom. The summed E-state index contributed by atoms with van der Waals surface area (Å²) in [5.41, 5.74) is 5.51. The van der Waals surface area contributed by atoms with Gasteiger partial charge in [-0.05, 0) is 18.1 Å². The van der Waals surface area contributed by atoms with Crippen LogP contribution < -0.4 is 11.1 Å². The average molecular weight is 262 g/mol. The van der Waals surface area contributed by atoms with Crippen molar-refractivity contribution >= 4 is 17.3 Å². The number of amides is 1. The first-order valence-electron chi connectivity index (χ1n) is 5.61. The fraction of sp³-hybridized carbons (Fsp3) is 0.333. The van der Waals surface area contributed by atoms with Gasteiger partial charge in [0, 0.05) is 6.07 Å². The van der Waals surface area contributed by atoms with Gasteiger partial charge in [-0.25, -0.2) is 0 Å². The topological polar surface area (TPSA) is 122 Å². The highest BCUT2D eigenvalue weighted by molar-refractivity contribution is 5.96. The monoisotopic (exact) mass is 262 g/mol. The Labute approximate surface area is 110 Å². The van der Waals surface area contributed by atoms with E-state index in [1.807, 2.05) is 0 Å². The van der Waals surface area contributed by atoms with Gasteiger partial charge < -0.3 is 11.1 Å². The van der Waals surface area contributed by atoms with Crippen molar-refractivity contribution in [3.8, 4) is 6.07 Å². The molecule has 0 saturated carbocycles. The molecule has 0 radical (unpaired) electrons. The van der Waals surface area contributed by atoms with Crippen molar-refractivity contribution in [2.45, 2.75) is 19.9 Å². The zero-order valence-electron chi connectivity index (χ0n) is 10.6. The van der Waals surface area contributed by atoms with E-state index >= 15 is 0 Å². The summed E-state index contributed by atoms with van der Waals surface area (Å²) in [5.74, 6) is -0.583. The molecule has 0 aliphatic rings. The fourth-order valence-electron chi connectivity index (χ4n) is 1.38. The van der Waals surface area contributed by atoms with Crippen LogP contribution in [0, 0.1) is 27.4 Å². The first-order valence-corrected chi connectivity index (χ1v) is 5.61. The molecular weight excluding hydrogens is 248 g/mol. The lowest BCUT2D eigenvalue weighted by Gasteiger charge is -2.15. The Balaban J connectivity index is 3.05. The van der Waals surface area contributed by atoms with Gasteiger partial charge in [-0.3, -0.25) is 14.9 Å². The summed E-state index contributed by atoms with van der Waals surface area (Å²) in [5, 5.41) is 22.0. The maximum absolute atomic E-state index is 11.8. The molecule has 0 aromatic heterocycles. The van der Waals surface area contributed by atoms with Crippen molar-refractivity contribution in [1.82, 2.24) is 0 Å². The van der Waals surface area contributed by atoms with Crippen molar-refractivity contribution < 1.29 is 9.72 Å². The highest BCUT2D eigenvalue weighted by atomic mass is 16.6. The molecule has 0 aliphatic carbocycles. The van der Waals surface area contributed by atoms with Gasteiger partial charge in [0.15, 0.2) is 0 Å². The first-order chi connectivity index (χ1) is 8.86. The molecular formula is C12H14N4O3. The summed E-state index contributed by atoms with van der Waals surface area (Å²) < 4.78 is 0. The Kier molecular flexibility index (Phi) is 4.56. The number of benzene rings is 1. The van der Waals surface area contributed by atoms with Gasteiger partial charge in [0.2, 0.25) is 5.91 Å². The number of hydrogen-bond donors (Lipinski definition) is 2. The number of rotatable bonds is 4. The standard InChI is InChI=1S/C12H14N4O3/c1-7(2)11(14)12(17)15-9-4-3-8(6-13)5-10(9)16(18)19/h3-5,7,11H,14H2,1-2H3,(H,15,17). The van der Waals surface area contributed by atoms with Crippen molar-refractivity contribution in [3.05, 3.63) is 33.9 Å². The van der Waals surface area contributed by atoms with Gasteiger partial charge in [0.25, 0.3) is 5.69 Å². The zero-order chi connectivity index (χ0) is 14.6. The summed E-state index contributed by atoms with van der Waals surface area (Å²) in [7, 11) is 0. The van der Waals surface area contributed by atoms with Crippen molar-refractivity contribution in [2.75, 3.05) is 5.32 Å². The fourth-order valence-corrected chi connectivity index (χ4v) is 1.38. The minimum Gasteiger partial charge on any atom is -0.320 e. The number of nitriles is 1. The molecule has 0 aliphatic heterocycles. The van der Waals surface area contributed by atoms with Crippen LogP contribution in [0.25, 0.3) is 0 Å². The number of carbonyl (C=O) groups is 1. The molecule has 1 rings (SSSR count). The van der Waals surface area contributed by atoms with Gasteiger partial charge in [-0.1, -0.05) is 13.8 Å². The largest absolute Gasteiger partial charge is 0.320 e. The van der Waals surface area contributed by atoms with Crippen LogP contribution >= 0.6 is 0 Å². The maximum atomic E-state index is 11.8. The van der Waals surface area contributed by atoms with E-state index in [0.29, 0.717) is 0 Å². The van der Waals surface area contributed by atoms with Gasteiger partial charge in [-0.15, -0.1) is 0 Å². The molecule has 1 unspecified atom stereocenters. The van der Waals surface area contributed by atoms with Crippen LogP contribution in [0.1, 0.15) is 19.4 Å². The maximum Gasteiger partial charge on any atom is 0.294 e. The van der Waals surface area contributed by atoms with Crippen LogP contribution in [0.4, 0.5) is 11.4 Å². The van der Waals surface area contributed by atoms with Crippen LogP contribution in [0.3, 0.4) is 0 Å². The molecule has 7 heteroatoms. The number of hydrogen-bond acceptors (Lipinski definition) is 5. The number of carbonyl (C=O) groups excluding carboxylic acids is 1. The van der Waals surface area contributed by atoms with Crippen LogP contribution in [0.15, 0.2) is 18.2 Å². The van der Waals surface area contributed by atoms with E-state index in [1.165, 1.54) is 12.1 Å². The van der Waals surface area contributed by atoms with E-state index < -0.39 is 16.9 Å². The van der Waals surface area contributed by atoms with Crippen molar-refractivity contribution in [3.63, 3.8) is 0 Å². The van der Waals surface area contributed by atoms with Crippen LogP contribution in [0.2, 0.25) is 0 Å². The normalized spacial score (nSPS) is 11.7. The Morgan fingerprint density at radius 2 is 2.16 bits per heavy atom. The quantitative estimate of drug-likeness (QED) is 0.627. The van der Waals surface area contributed by atoms with Crippen molar-refractivity contribution in [2.24, 2.45) is 11.7 Å². The third-order valence-electron chi connectivity index (χ3n) is 2.60. The Hall–Kier alpha value is -2.46. The lowest BCUT2D eigenvalue weighted by Crippen LogP contribution is -2.39. The Morgan fingerprint density at radius 1 is 1.53 bits per heavy atom. The first kappa shape index (κ1) is 14.6. The summed E-state index contributed by atoms with van der Waals surface area (Å²) in [6, 6.07) is 4.87. The molecule has 19 heavy (non-hydrogen) atoms. The lowest BCUT2D eigenvalue weighted by atomic mass is 10.0. The number of nitrogens with zero attached hydrogens (tertiary/aromatic N) is 2. The number of nitro benzene ring substituents is 1. The van der Waals surface area contributed by atoms with E-state index in [2.05, 4.69) is 5.32 Å². The van der Waals surface area contributed by atoms with Crippen LogP contribution in [-0.2, 0) is 4.79 Å². The number of nitro groups is 1. The summed E-state index contributed by atoms with van der Waals surface area (Å²) in [6.45, 7) is 3.55. The molecule has 1 aromatic rings. The predicted octanol–water partition coefficient (Wildman–Crippen LogP) is 1.39. The van der Waals surface area contributed by atoms with E-state index in [-0.39, 0.29) is 22.9 Å². The van der Waals surface area contributed by atoms with Gasteiger partial charge in [-0.2, -0.15) is 5.26 Å². The van der Waals surface area contributed by atoms with E-state index in [4.69, 9.17) is 11.0 Å². The molecule has 0 spiro atoms. The molecule has 3 N–H and O–H groups in total. The minimum absolute atomic E-state index is 0.0325. The molecule has 0 fully saturated rings. The van der Waals surface area contributed by atoms with Gasteiger partial charge >= 0.3 is 0 Å². The molecule has 1 amide bonds. The summed E-state index contributed by atoms with van der Waals surface area (Å²) >= 11 is 0. The van der Waals surface area contributed by atoms with Gasteiger partial charge in [0.1, 0.15) is 5.69 Å². The molecule has 1 aromatic carbocycles. The molecule has 0 bridgehead atoms. The third kappa shape index (κ3) is 3.50. The second kappa shape index (κ2) is 5.93. The molecule has 7 nitrogen and oxygen atoms in total. The van der Waals surface area contributed by atoms with E-state index in [0.717, 1.165) is 6.07 Å². The second-order valence-electron chi connectivity index (χ2n) is 4.36. The molecule has 1 atom stereocenters. The average Bonchev–Trinajstić information content (AvgIpc) is 2.37. The van der Waals surface area contributed by atoms with Gasteiger partial charge in [0.05, 0.1) is 22.6 Å². The lowest BCUT2D eigenvalue weighted by molar-refractivity contribution is -0.383. The zero-order valence-corrected chi connectivity index (χ0v) is 10.6. The van der Waals surface area contributed by atoms with Crippen molar-refractivity contribution in [1.29, 1.82) is 5.26 Å². The highest BCUT2D eigenvalue weighted by Crippen LogP contribution is 2.25. The SMILES string of the molecule is CC(C)C(N)C(=O)Nc1ccc(C#N)cc1[N+](=O)[O-]. The second-order valence-corrected chi connectivity index (χ2v) is 4.36. The minimum atomic E-state index is -0.754. The molecule has 0 heterocycles. The molecule has 0 saturated heterocycles. The number of nitrogens with two attached hydrogens (primary N) is 1. The highest BCUT2D eigenvalue weighted by Gasteiger charge is 2.21. The molecule has 100 valence electrons. The van der Waals surface area contributed by atoms with E-state index in [1.54, 1.807) is 19.9 Å². The third-order valence-corrected chi connectivity index (χ3v) is 2.60. The predicted molar refractivity (Wildman–Crippen MR) is 69.3 cm³/mol. The summed E-state index contributed by atoms with van der Waals surface area (Å²) in [6.07, 6.45) is 0. The number of anilines is 1. The van der Waals surface area contributed by atoms with E-state index in [9.17, 15) is 14.9 Å².